The van der Waals surface area contributed by atoms with Gasteiger partial charge in [0.1, 0.15) is 0 Å². The molecule has 0 fully saturated rings. The molecule has 0 aliphatic rings. The number of amides is 1. The lowest BCUT2D eigenvalue weighted by atomic mass is 10.2. The normalized spacial score (nSPS) is 11.1. The molecule has 0 aliphatic carbocycles. The molecule has 1 amide bonds. The third kappa shape index (κ3) is 5.16. The van der Waals surface area contributed by atoms with E-state index in [0.717, 1.165) is 5.56 Å². The van der Waals surface area contributed by atoms with Crippen molar-refractivity contribution >= 4 is 27.6 Å². The zero-order valence-electron chi connectivity index (χ0n) is 11.8. The predicted octanol–water partition coefficient (Wildman–Crippen LogP) is 1.10. The molecule has 3 N–H and O–H groups in total. The second-order valence-electron chi connectivity index (χ2n) is 4.48. The van der Waals surface area contributed by atoms with Gasteiger partial charge in [-0.2, -0.15) is 0 Å². The van der Waals surface area contributed by atoms with E-state index in [9.17, 15) is 18.0 Å². The molecule has 116 valence electrons. The Kier molecular flexibility index (Phi) is 5.86. The van der Waals surface area contributed by atoms with Gasteiger partial charge in [0.15, 0.2) is 0 Å². The average molecular weight is 314 g/mol. The van der Waals surface area contributed by atoms with E-state index >= 15 is 0 Å². The van der Waals surface area contributed by atoms with E-state index < -0.39 is 16.0 Å². The summed E-state index contributed by atoms with van der Waals surface area (Å²) in [6, 6.07) is 4.41. The number of carbonyl (C=O) groups is 2. The van der Waals surface area contributed by atoms with Gasteiger partial charge >= 0.3 is 5.97 Å². The van der Waals surface area contributed by atoms with Crippen LogP contribution >= 0.6 is 0 Å². The highest BCUT2D eigenvalue weighted by Gasteiger charge is 2.14. The van der Waals surface area contributed by atoms with Crippen LogP contribution in [0.25, 0.3) is 0 Å². The van der Waals surface area contributed by atoms with Crippen molar-refractivity contribution < 1.29 is 23.1 Å². The molecular formula is C13H18N2O5S. The number of nitrogens with one attached hydrogen (secondary N) is 2. The van der Waals surface area contributed by atoms with Crippen LogP contribution in [0.4, 0.5) is 5.69 Å². The maximum absolute atomic E-state index is 11.7. The van der Waals surface area contributed by atoms with Crippen molar-refractivity contribution in [3.05, 3.63) is 23.8 Å². The molecule has 0 saturated heterocycles. The Labute approximate surface area is 123 Å². The predicted molar refractivity (Wildman–Crippen MR) is 77.5 cm³/mol. The fourth-order valence-electron chi connectivity index (χ4n) is 1.63. The summed E-state index contributed by atoms with van der Waals surface area (Å²) >= 11 is 0. The molecule has 0 aliphatic heterocycles. The molecule has 0 unspecified atom stereocenters. The summed E-state index contributed by atoms with van der Waals surface area (Å²) in [4.78, 5) is 22.1. The number of carbonyl (C=O) groups excluding carboxylic acids is 1. The van der Waals surface area contributed by atoms with E-state index in [4.69, 9.17) is 5.11 Å². The summed E-state index contributed by atoms with van der Waals surface area (Å²) < 4.78 is 25.6. The minimum Gasteiger partial charge on any atom is -0.481 e. The lowest BCUT2D eigenvalue weighted by Crippen LogP contribution is -2.19. The van der Waals surface area contributed by atoms with Gasteiger partial charge < -0.3 is 10.4 Å². The van der Waals surface area contributed by atoms with Crippen LogP contribution < -0.4 is 10.0 Å². The first-order valence-electron chi connectivity index (χ1n) is 6.32. The fraction of sp³-hybridized carbons (Fsp3) is 0.385. The first kappa shape index (κ1) is 17.1. The van der Waals surface area contributed by atoms with Crippen LogP contribution in [0, 0.1) is 6.92 Å². The SMILES string of the molecule is CNS(=O)(=O)c1ccc(C)c(NC(=O)CCCC(=O)O)c1. The summed E-state index contributed by atoms with van der Waals surface area (Å²) in [6.07, 6.45) is 0.212. The molecule has 0 saturated carbocycles. The van der Waals surface area contributed by atoms with Crippen molar-refractivity contribution in [1.82, 2.24) is 4.72 Å². The minimum atomic E-state index is -3.58. The Morgan fingerprint density at radius 1 is 1.24 bits per heavy atom. The summed E-state index contributed by atoms with van der Waals surface area (Å²) in [7, 11) is -2.28. The number of hydrogen-bond acceptors (Lipinski definition) is 4. The van der Waals surface area contributed by atoms with Crippen LogP contribution in [-0.4, -0.2) is 32.4 Å². The number of rotatable bonds is 7. The van der Waals surface area contributed by atoms with E-state index in [2.05, 4.69) is 10.0 Å². The summed E-state index contributed by atoms with van der Waals surface area (Å²) in [5.41, 5.74) is 1.11. The van der Waals surface area contributed by atoms with Gasteiger partial charge in [-0.3, -0.25) is 9.59 Å². The van der Waals surface area contributed by atoms with Crippen LogP contribution in [0.5, 0.6) is 0 Å². The second kappa shape index (κ2) is 7.19. The van der Waals surface area contributed by atoms with Crippen LogP contribution in [0.2, 0.25) is 0 Å². The smallest absolute Gasteiger partial charge is 0.303 e. The Balaban J connectivity index is 2.81. The zero-order valence-corrected chi connectivity index (χ0v) is 12.7. The van der Waals surface area contributed by atoms with E-state index in [1.807, 2.05) is 0 Å². The van der Waals surface area contributed by atoms with Crippen LogP contribution in [-0.2, 0) is 19.6 Å². The van der Waals surface area contributed by atoms with Crippen molar-refractivity contribution in [2.24, 2.45) is 0 Å². The van der Waals surface area contributed by atoms with Gasteiger partial charge in [0.25, 0.3) is 0 Å². The molecule has 8 heteroatoms. The quantitative estimate of drug-likeness (QED) is 0.697. The van der Waals surface area contributed by atoms with Gasteiger partial charge in [-0.05, 0) is 38.1 Å². The van der Waals surface area contributed by atoms with E-state index in [-0.39, 0.29) is 30.1 Å². The first-order valence-corrected chi connectivity index (χ1v) is 7.80. The third-order valence-corrected chi connectivity index (χ3v) is 4.27. The number of aryl methyl sites for hydroxylation is 1. The van der Waals surface area contributed by atoms with Crippen molar-refractivity contribution in [1.29, 1.82) is 0 Å². The molecular weight excluding hydrogens is 296 g/mol. The summed E-state index contributed by atoms with van der Waals surface area (Å²) in [5, 5.41) is 11.1. The molecule has 0 aromatic heterocycles. The van der Waals surface area contributed by atoms with Gasteiger partial charge in [0.05, 0.1) is 4.90 Å². The number of sulfonamides is 1. The molecule has 1 aromatic rings. The maximum atomic E-state index is 11.7. The number of carboxylic acids is 1. The number of anilines is 1. The Morgan fingerprint density at radius 2 is 1.90 bits per heavy atom. The van der Waals surface area contributed by atoms with Crippen molar-refractivity contribution in [2.75, 3.05) is 12.4 Å². The first-order chi connectivity index (χ1) is 9.76. The number of carboxylic acid groups (broad SMARTS) is 1. The topological polar surface area (TPSA) is 113 Å². The van der Waals surface area contributed by atoms with Crippen LogP contribution in [0.15, 0.2) is 23.1 Å². The summed E-state index contributed by atoms with van der Waals surface area (Å²) in [5.74, 6) is -1.31. The fourth-order valence-corrected chi connectivity index (χ4v) is 2.39. The van der Waals surface area contributed by atoms with E-state index in [1.165, 1.54) is 19.2 Å². The van der Waals surface area contributed by atoms with Gasteiger partial charge in [0, 0.05) is 18.5 Å². The summed E-state index contributed by atoms with van der Waals surface area (Å²) in [6.45, 7) is 1.74. The van der Waals surface area contributed by atoms with Crippen LogP contribution in [0.1, 0.15) is 24.8 Å². The molecule has 0 spiro atoms. The Morgan fingerprint density at radius 3 is 2.48 bits per heavy atom. The number of hydrogen-bond donors (Lipinski definition) is 3. The molecule has 1 rings (SSSR count). The molecule has 0 heterocycles. The van der Waals surface area contributed by atoms with Crippen molar-refractivity contribution in [2.45, 2.75) is 31.1 Å². The zero-order chi connectivity index (χ0) is 16.0. The monoisotopic (exact) mass is 314 g/mol. The molecule has 21 heavy (non-hydrogen) atoms. The highest BCUT2D eigenvalue weighted by molar-refractivity contribution is 7.89. The standard InChI is InChI=1S/C13H18N2O5S/c1-9-6-7-10(21(19,20)14-2)8-11(9)15-12(16)4-3-5-13(17)18/h6-8,14H,3-5H2,1-2H3,(H,15,16)(H,17,18). The van der Waals surface area contributed by atoms with E-state index in [1.54, 1.807) is 13.0 Å². The number of aliphatic carboxylic acids is 1. The molecule has 0 atom stereocenters. The lowest BCUT2D eigenvalue weighted by Gasteiger charge is -2.10. The maximum Gasteiger partial charge on any atom is 0.303 e. The molecule has 0 bridgehead atoms. The van der Waals surface area contributed by atoms with Gasteiger partial charge in [-0.1, -0.05) is 6.07 Å². The highest BCUT2D eigenvalue weighted by atomic mass is 32.2. The Hall–Kier alpha value is -1.93. The van der Waals surface area contributed by atoms with Crippen molar-refractivity contribution in [3.63, 3.8) is 0 Å². The average Bonchev–Trinajstić information content (AvgIpc) is 2.40. The largest absolute Gasteiger partial charge is 0.481 e. The third-order valence-electron chi connectivity index (χ3n) is 2.86. The van der Waals surface area contributed by atoms with Gasteiger partial charge in [0.2, 0.25) is 15.9 Å². The van der Waals surface area contributed by atoms with Gasteiger partial charge in [-0.25, -0.2) is 13.1 Å². The Bertz CT molecular complexity index is 640. The van der Waals surface area contributed by atoms with Gasteiger partial charge in [-0.15, -0.1) is 0 Å². The molecule has 1 aromatic carbocycles. The molecule has 0 radical (unpaired) electrons. The number of benzene rings is 1. The second-order valence-corrected chi connectivity index (χ2v) is 6.37. The highest BCUT2D eigenvalue weighted by Crippen LogP contribution is 2.20. The van der Waals surface area contributed by atoms with Crippen LogP contribution in [0.3, 0.4) is 0 Å². The molecule has 7 nitrogen and oxygen atoms in total. The van der Waals surface area contributed by atoms with Crippen molar-refractivity contribution in [3.8, 4) is 0 Å². The van der Waals surface area contributed by atoms with E-state index in [0.29, 0.717) is 5.69 Å². The lowest BCUT2D eigenvalue weighted by molar-refractivity contribution is -0.137. The minimum absolute atomic E-state index is 0.0523.